The fourth-order valence-electron chi connectivity index (χ4n) is 3.62. The van der Waals surface area contributed by atoms with Crippen LogP contribution < -0.4 is 4.80 Å². The maximum absolute atomic E-state index is 13.0. The van der Waals surface area contributed by atoms with Gasteiger partial charge < -0.3 is 4.57 Å². The molecule has 1 fully saturated rings. The number of benzene rings is 2. The van der Waals surface area contributed by atoms with Crippen LogP contribution in [0.25, 0.3) is 10.2 Å². The van der Waals surface area contributed by atoms with Crippen molar-refractivity contribution in [2.45, 2.75) is 24.7 Å². The number of carbonyl (C=O) groups excluding carboxylic acids is 1. The van der Waals surface area contributed by atoms with Crippen molar-refractivity contribution in [3.63, 3.8) is 0 Å². The van der Waals surface area contributed by atoms with E-state index in [1.54, 1.807) is 24.3 Å². The molecule has 1 unspecified atom stereocenters. The number of hydrogen-bond donors (Lipinski definition) is 0. The molecule has 1 amide bonds. The van der Waals surface area contributed by atoms with Gasteiger partial charge >= 0.3 is 0 Å². The lowest BCUT2D eigenvalue weighted by molar-refractivity contribution is -0.122. The molecule has 3 aromatic rings. The summed E-state index contributed by atoms with van der Waals surface area (Å²) in [5.41, 5.74) is 2.00. The van der Waals surface area contributed by atoms with Crippen molar-refractivity contribution in [2.24, 2.45) is 18.0 Å². The molecule has 30 heavy (non-hydrogen) atoms. The monoisotopic (exact) mass is 507 g/mol. The highest BCUT2D eigenvalue weighted by atomic mass is 79.9. The van der Waals surface area contributed by atoms with Gasteiger partial charge in [0.2, 0.25) is 10.0 Å². The SMILES string of the molecule is Cc1ccc(S(=O)(=O)N2CCCC(C(=O)N=c3sc4cc(Br)ccc4n3C)C2)cc1. The molecule has 158 valence electrons. The van der Waals surface area contributed by atoms with Gasteiger partial charge in [-0.25, -0.2) is 8.42 Å². The zero-order chi connectivity index (χ0) is 21.5. The van der Waals surface area contributed by atoms with E-state index < -0.39 is 15.9 Å². The van der Waals surface area contributed by atoms with Crippen molar-refractivity contribution in [1.82, 2.24) is 8.87 Å². The number of thiazole rings is 1. The molecule has 0 N–H and O–H groups in total. The van der Waals surface area contributed by atoms with E-state index in [-0.39, 0.29) is 17.3 Å². The molecule has 0 radical (unpaired) electrons. The van der Waals surface area contributed by atoms with Crippen LogP contribution in [-0.2, 0) is 21.9 Å². The maximum atomic E-state index is 13.0. The quantitative estimate of drug-likeness (QED) is 0.540. The number of rotatable bonds is 3. The van der Waals surface area contributed by atoms with Crippen molar-refractivity contribution >= 4 is 53.4 Å². The molecule has 1 aliphatic heterocycles. The minimum absolute atomic E-state index is 0.165. The van der Waals surface area contributed by atoms with Crippen LogP contribution in [0.5, 0.6) is 0 Å². The number of sulfonamides is 1. The van der Waals surface area contributed by atoms with Crippen LogP contribution in [0.3, 0.4) is 0 Å². The van der Waals surface area contributed by atoms with E-state index >= 15 is 0 Å². The van der Waals surface area contributed by atoms with E-state index in [1.807, 2.05) is 36.7 Å². The molecule has 2 heterocycles. The van der Waals surface area contributed by atoms with Crippen molar-refractivity contribution < 1.29 is 13.2 Å². The van der Waals surface area contributed by atoms with Gasteiger partial charge in [-0.2, -0.15) is 9.30 Å². The predicted molar refractivity (Wildman–Crippen MR) is 122 cm³/mol. The average Bonchev–Trinajstić information content (AvgIpc) is 3.03. The summed E-state index contributed by atoms with van der Waals surface area (Å²) in [6.07, 6.45) is 1.28. The first-order chi connectivity index (χ1) is 14.3. The average molecular weight is 508 g/mol. The number of piperidine rings is 1. The number of aryl methyl sites for hydroxylation is 2. The Morgan fingerprint density at radius 1 is 1.20 bits per heavy atom. The van der Waals surface area contributed by atoms with Crippen LogP contribution in [0, 0.1) is 12.8 Å². The van der Waals surface area contributed by atoms with E-state index in [4.69, 9.17) is 0 Å². The second kappa shape index (κ2) is 8.37. The van der Waals surface area contributed by atoms with Crippen LogP contribution in [0.4, 0.5) is 0 Å². The molecule has 4 rings (SSSR count). The zero-order valence-corrected chi connectivity index (χ0v) is 19.9. The normalized spacial score (nSPS) is 18.8. The minimum atomic E-state index is -3.62. The molecule has 0 saturated carbocycles. The Bertz CT molecular complexity index is 1280. The first-order valence-corrected chi connectivity index (χ1v) is 12.7. The Hall–Kier alpha value is -1.81. The van der Waals surface area contributed by atoms with Crippen molar-refractivity contribution in [3.05, 3.63) is 57.3 Å². The first kappa shape index (κ1) is 21.4. The summed E-state index contributed by atoms with van der Waals surface area (Å²) < 4.78 is 31.3. The number of halogens is 1. The molecular weight excluding hydrogens is 486 g/mol. The summed E-state index contributed by atoms with van der Waals surface area (Å²) in [5, 5.41) is 0. The van der Waals surface area contributed by atoms with Crippen LogP contribution in [0.2, 0.25) is 0 Å². The molecule has 1 aliphatic rings. The van der Waals surface area contributed by atoms with Crippen molar-refractivity contribution in [1.29, 1.82) is 0 Å². The second-order valence-corrected chi connectivity index (χ2v) is 11.4. The fraction of sp³-hybridized carbons (Fsp3) is 0.333. The van der Waals surface area contributed by atoms with Gasteiger partial charge in [0.1, 0.15) is 0 Å². The highest BCUT2D eigenvalue weighted by Crippen LogP contribution is 2.25. The van der Waals surface area contributed by atoms with Gasteiger partial charge in [-0.05, 0) is 50.1 Å². The molecule has 0 aliphatic carbocycles. The van der Waals surface area contributed by atoms with Gasteiger partial charge in [0.05, 0.1) is 21.0 Å². The third-order valence-corrected chi connectivity index (χ3v) is 8.84. The Morgan fingerprint density at radius 3 is 2.67 bits per heavy atom. The number of amides is 1. The van der Waals surface area contributed by atoms with Gasteiger partial charge in [0, 0.05) is 24.6 Å². The second-order valence-electron chi connectivity index (χ2n) is 7.52. The largest absolute Gasteiger partial charge is 0.319 e. The first-order valence-electron chi connectivity index (χ1n) is 9.66. The summed E-state index contributed by atoms with van der Waals surface area (Å²) in [7, 11) is -1.74. The van der Waals surface area contributed by atoms with Crippen molar-refractivity contribution in [2.75, 3.05) is 13.1 Å². The topological polar surface area (TPSA) is 71.7 Å². The minimum Gasteiger partial charge on any atom is -0.319 e. The van der Waals surface area contributed by atoms with Gasteiger partial charge in [0.15, 0.2) is 4.80 Å². The Labute approximate surface area is 188 Å². The Morgan fingerprint density at radius 2 is 1.93 bits per heavy atom. The molecule has 0 spiro atoms. The van der Waals surface area contributed by atoms with E-state index in [0.717, 1.165) is 20.3 Å². The summed E-state index contributed by atoms with van der Waals surface area (Å²) >= 11 is 4.91. The smallest absolute Gasteiger partial charge is 0.252 e. The number of hydrogen-bond acceptors (Lipinski definition) is 4. The predicted octanol–water partition coefficient (Wildman–Crippen LogP) is 3.84. The molecule has 2 aromatic carbocycles. The fourth-order valence-corrected chi connectivity index (χ4v) is 6.72. The number of nitrogens with zero attached hydrogens (tertiary/aromatic N) is 3. The highest BCUT2D eigenvalue weighted by molar-refractivity contribution is 9.10. The van der Waals surface area contributed by atoms with E-state index in [9.17, 15) is 13.2 Å². The molecular formula is C21H22BrN3O3S2. The molecule has 1 aromatic heterocycles. The van der Waals surface area contributed by atoms with Gasteiger partial charge in [0.25, 0.3) is 5.91 Å². The Balaban J connectivity index is 1.59. The highest BCUT2D eigenvalue weighted by Gasteiger charge is 2.33. The van der Waals surface area contributed by atoms with Crippen LogP contribution in [0.1, 0.15) is 18.4 Å². The number of aromatic nitrogens is 1. The lowest BCUT2D eigenvalue weighted by atomic mass is 9.99. The summed E-state index contributed by atoms with van der Waals surface area (Å²) in [6.45, 7) is 2.50. The Kier molecular flexibility index (Phi) is 5.98. The lowest BCUT2D eigenvalue weighted by Gasteiger charge is -2.30. The zero-order valence-electron chi connectivity index (χ0n) is 16.7. The van der Waals surface area contributed by atoms with Gasteiger partial charge in [-0.1, -0.05) is 45.0 Å². The standard InChI is InChI=1S/C21H22BrN3O3S2/c1-14-5-8-17(9-6-14)30(27,28)25-11-3-4-15(13-25)20(26)23-21-24(2)18-10-7-16(22)12-19(18)29-21/h5-10,12,15H,3-4,11,13H2,1-2H3. The van der Waals surface area contributed by atoms with E-state index in [1.165, 1.54) is 15.6 Å². The summed E-state index contributed by atoms with van der Waals surface area (Å²) in [5.74, 6) is -0.698. The van der Waals surface area contributed by atoms with E-state index in [2.05, 4.69) is 20.9 Å². The van der Waals surface area contributed by atoms with Crippen molar-refractivity contribution in [3.8, 4) is 0 Å². The number of carbonyl (C=O) groups is 1. The molecule has 6 nitrogen and oxygen atoms in total. The summed E-state index contributed by atoms with van der Waals surface area (Å²) in [4.78, 5) is 18.1. The molecule has 1 saturated heterocycles. The van der Waals surface area contributed by atoms with Crippen LogP contribution in [0.15, 0.2) is 56.8 Å². The number of fused-ring (bicyclic) bond motifs is 1. The maximum Gasteiger partial charge on any atom is 0.252 e. The molecule has 1 atom stereocenters. The lowest BCUT2D eigenvalue weighted by Crippen LogP contribution is -2.42. The third kappa shape index (κ3) is 4.16. The summed E-state index contributed by atoms with van der Waals surface area (Å²) in [6, 6.07) is 12.8. The van der Waals surface area contributed by atoms with Gasteiger partial charge in [-0.3, -0.25) is 4.79 Å². The van der Waals surface area contributed by atoms with Gasteiger partial charge in [-0.15, -0.1) is 0 Å². The van der Waals surface area contributed by atoms with E-state index in [0.29, 0.717) is 24.2 Å². The third-order valence-electron chi connectivity index (χ3n) is 5.37. The van der Waals surface area contributed by atoms with Crippen LogP contribution in [-0.4, -0.2) is 36.3 Å². The van der Waals surface area contributed by atoms with Crippen LogP contribution >= 0.6 is 27.3 Å². The molecule has 9 heteroatoms. The molecule has 0 bridgehead atoms.